The van der Waals surface area contributed by atoms with E-state index >= 15 is 0 Å². The van der Waals surface area contributed by atoms with Crippen molar-refractivity contribution in [3.63, 3.8) is 0 Å². The van der Waals surface area contributed by atoms with Crippen molar-refractivity contribution in [2.45, 2.75) is 32.3 Å². The number of aromatic nitrogens is 2. The summed E-state index contributed by atoms with van der Waals surface area (Å²) in [5.41, 5.74) is 2.02. The maximum atomic E-state index is 5.66. The van der Waals surface area contributed by atoms with Crippen molar-refractivity contribution in [2.24, 2.45) is 0 Å². The number of anilines is 2. The smallest absolute Gasteiger partial charge is 0.225 e. The molecule has 5 nitrogen and oxygen atoms in total. The van der Waals surface area contributed by atoms with Crippen LogP contribution in [-0.2, 0) is 4.74 Å². The van der Waals surface area contributed by atoms with Gasteiger partial charge in [0, 0.05) is 31.3 Å². The quantitative estimate of drug-likeness (QED) is 0.818. The lowest BCUT2D eigenvalue weighted by Gasteiger charge is -2.13. The van der Waals surface area contributed by atoms with Crippen LogP contribution in [0, 0.1) is 0 Å². The van der Waals surface area contributed by atoms with E-state index in [0.29, 0.717) is 5.95 Å². The molecule has 1 aliphatic heterocycles. The van der Waals surface area contributed by atoms with Gasteiger partial charge in [-0.3, -0.25) is 0 Å². The lowest BCUT2D eigenvalue weighted by Crippen LogP contribution is -2.19. The summed E-state index contributed by atoms with van der Waals surface area (Å²) in [6.07, 6.45) is 3.59. The molecule has 122 valence electrons. The minimum atomic E-state index is 0.289. The molecule has 1 unspecified atom stereocenters. The Morgan fingerprint density at radius 1 is 1.17 bits per heavy atom. The number of hydrogen-bond acceptors (Lipinski definition) is 5. The highest BCUT2D eigenvalue weighted by Gasteiger charge is 2.15. The van der Waals surface area contributed by atoms with Gasteiger partial charge in [-0.05, 0) is 19.3 Å². The molecule has 0 spiro atoms. The average Bonchev–Trinajstić information content (AvgIpc) is 3.12. The first-order chi connectivity index (χ1) is 11.3. The van der Waals surface area contributed by atoms with Gasteiger partial charge in [0.05, 0.1) is 11.8 Å². The Bertz CT molecular complexity index is 612. The van der Waals surface area contributed by atoms with Crippen LogP contribution in [0.1, 0.15) is 26.2 Å². The topological polar surface area (TPSA) is 59.1 Å². The van der Waals surface area contributed by atoms with Crippen LogP contribution in [0.15, 0.2) is 36.4 Å². The summed E-state index contributed by atoms with van der Waals surface area (Å²) < 4.78 is 5.66. The standard InChI is InChI=1S/C18H24N4O/c1-2-10-19-18-21-16(14-7-4-3-5-8-14)12-17(22-18)20-13-15-9-6-11-23-15/h3-5,7-8,12,15H,2,6,9-11,13H2,1H3,(H2,19,20,21,22). The van der Waals surface area contributed by atoms with Crippen molar-refractivity contribution in [3.05, 3.63) is 36.4 Å². The van der Waals surface area contributed by atoms with E-state index in [-0.39, 0.29) is 6.10 Å². The van der Waals surface area contributed by atoms with E-state index in [1.165, 1.54) is 0 Å². The second-order valence-corrected chi connectivity index (χ2v) is 5.77. The minimum absolute atomic E-state index is 0.289. The highest BCUT2D eigenvalue weighted by atomic mass is 16.5. The lowest BCUT2D eigenvalue weighted by atomic mass is 10.1. The van der Waals surface area contributed by atoms with Crippen LogP contribution in [0.3, 0.4) is 0 Å². The summed E-state index contributed by atoms with van der Waals surface area (Å²) in [5.74, 6) is 1.51. The monoisotopic (exact) mass is 312 g/mol. The maximum Gasteiger partial charge on any atom is 0.225 e. The maximum absolute atomic E-state index is 5.66. The summed E-state index contributed by atoms with van der Waals surface area (Å²) in [4.78, 5) is 9.20. The molecule has 0 bridgehead atoms. The first kappa shape index (κ1) is 15.7. The van der Waals surface area contributed by atoms with E-state index in [9.17, 15) is 0 Å². The van der Waals surface area contributed by atoms with Gasteiger partial charge >= 0.3 is 0 Å². The molecule has 3 rings (SSSR count). The van der Waals surface area contributed by atoms with Gasteiger partial charge in [0.2, 0.25) is 5.95 Å². The first-order valence-corrected chi connectivity index (χ1v) is 8.39. The Balaban J connectivity index is 1.79. The highest BCUT2D eigenvalue weighted by molar-refractivity contribution is 5.64. The van der Waals surface area contributed by atoms with E-state index < -0.39 is 0 Å². The second-order valence-electron chi connectivity index (χ2n) is 5.77. The van der Waals surface area contributed by atoms with Crippen molar-refractivity contribution in [2.75, 3.05) is 30.3 Å². The first-order valence-electron chi connectivity index (χ1n) is 8.39. The van der Waals surface area contributed by atoms with Crippen molar-refractivity contribution in [3.8, 4) is 11.3 Å². The number of hydrogen-bond donors (Lipinski definition) is 2. The SMILES string of the molecule is CCCNc1nc(NCC2CCCO2)cc(-c2ccccc2)n1. The van der Waals surface area contributed by atoms with Crippen molar-refractivity contribution in [1.82, 2.24) is 9.97 Å². The molecule has 23 heavy (non-hydrogen) atoms. The molecular formula is C18H24N4O. The zero-order chi connectivity index (χ0) is 15.9. The van der Waals surface area contributed by atoms with Gasteiger partial charge in [-0.25, -0.2) is 4.98 Å². The van der Waals surface area contributed by atoms with Crippen molar-refractivity contribution < 1.29 is 4.74 Å². The van der Waals surface area contributed by atoms with Gasteiger partial charge < -0.3 is 15.4 Å². The fraction of sp³-hybridized carbons (Fsp3) is 0.444. The van der Waals surface area contributed by atoms with Crippen LogP contribution < -0.4 is 10.6 Å². The summed E-state index contributed by atoms with van der Waals surface area (Å²) in [7, 11) is 0. The molecule has 1 saturated heterocycles. The molecule has 5 heteroatoms. The fourth-order valence-electron chi connectivity index (χ4n) is 2.63. The van der Waals surface area contributed by atoms with E-state index in [4.69, 9.17) is 4.74 Å². The zero-order valence-corrected chi connectivity index (χ0v) is 13.6. The van der Waals surface area contributed by atoms with E-state index in [2.05, 4.69) is 39.7 Å². The molecule has 1 aromatic heterocycles. The number of rotatable bonds is 7. The van der Waals surface area contributed by atoms with Gasteiger partial charge in [-0.15, -0.1) is 0 Å². The lowest BCUT2D eigenvalue weighted by molar-refractivity contribution is 0.120. The molecule has 2 N–H and O–H groups in total. The number of benzene rings is 1. The van der Waals surface area contributed by atoms with Crippen LogP contribution in [0.2, 0.25) is 0 Å². The third-order valence-corrected chi connectivity index (χ3v) is 3.86. The van der Waals surface area contributed by atoms with Gasteiger partial charge in [-0.1, -0.05) is 37.3 Å². The van der Waals surface area contributed by atoms with Crippen molar-refractivity contribution >= 4 is 11.8 Å². The Hall–Kier alpha value is -2.14. The average molecular weight is 312 g/mol. The predicted molar refractivity (Wildman–Crippen MR) is 93.7 cm³/mol. The fourth-order valence-corrected chi connectivity index (χ4v) is 2.63. The van der Waals surface area contributed by atoms with Gasteiger partial charge in [0.25, 0.3) is 0 Å². The molecular weight excluding hydrogens is 288 g/mol. The Morgan fingerprint density at radius 3 is 2.78 bits per heavy atom. The van der Waals surface area contributed by atoms with Crippen LogP contribution in [0.5, 0.6) is 0 Å². The molecule has 2 aromatic rings. The number of nitrogens with one attached hydrogen (secondary N) is 2. The van der Waals surface area contributed by atoms with Gasteiger partial charge in [0.1, 0.15) is 5.82 Å². The molecule has 1 aliphatic rings. The van der Waals surface area contributed by atoms with Crippen LogP contribution in [-0.4, -0.2) is 35.8 Å². The summed E-state index contributed by atoms with van der Waals surface area (Å²) >= 11 is 0. The molecule has 0 saturated carbocycles. The predicted octanol–water partition coefficient (Wildman–Crippen LogP) is 3.56. The molecule has 2 heterocycles. The molecule has 1 atom stereocenters. The highest BCUT2D eigenvalue weighted by Crippen LogP contribution is 2.22. The van der Waals surface area contributed by atoms with E-state index in [0.717, 1.165) is 56.0 Å². The second kappa shape index (κ2) is 7.92. The minimum Gasteiger partial charge on any atom is -0.376 e. The molecule has 0 aliphatic carbocycles. The third kappa shape index (κ3) is 4.42. The third-order valence-electron chi connectivity index (χ3n) is 3.86. The molecule has 0 radical (unpaired) electrons. The summed E-state index contributed by atoms with van der Waals surface area (Å²) in [6, 6.07) is 12.2. The Kier molecular flexibility index (Phi) is 5.42. The van der Waals surface area contributed by atoms with Crippen LogP contribution in [0.4, 0.5) is 11.8 Å². The van der Waals surface area contributed by atoms with Gasteiger partial charge in [-0.2, -0.15) is 4.98 Å². The summed E-state index contributed by atoms with van der Waals surface area (Å²) in [6.45, 7) is 4.65. The van der Waals surface area contributed by atoms with E-state index in [1.54, 1.807) is 0 Å². The molecule has 1 aromatic carbocycles. The van der Waals surface area contributed by atoms with E-state index in [1.807, 2.05) is 24.3 Å². The molecule has 1 fully saturated rings. The van der Waals surface area contributed by atoms with Crippen LogP contribution in [0.25, 0.3) is 11.3 Å². The molecule has 0 amide bonds. The number of nitrogens with zero attached hydrogens (tertiary/aromatic N) is 2. The zero-order valence-electron chi connectivity index (χ0n) is 13.6. The van der Waals surface area contributed by atoms with Crippen molar-refractivity contribution in [1.29, 1.82) is 0 Å². The van der Waals surface area contributed by atoms with Gasteiger partial charge in [0.15, 0.2) is 0 Å². The Morgan fingerprint density at radius 2 is 2.04 bits per heavy atom. The normalized spacial score (nSPS) is 17.2. The Labute approximate surface area is 137 Å². The number of ether oxygens (including phenoxy) is 1. The largest absolute Gasteiger partial charge is 0.376 e. The summed E-state index contributed by atoms with van der Waals surface area (Å²) in [5, 5.41) is 6.68. The van der Waals surface area contributed by atoms with Crippen LogP contribution >= 0.6 is 0 Å².